The minimum atomic E-state index is -4.69. The molecule has 0 aliphatic heterocycles. The number of hydrogen-bond acceptors (Lipinski definition) is 3. The van der Waals surface area contributed by atoms with E-state index in [1.54, 1.807) is 6.07 Å². The molecule has 0 amide bonds. The SMILES string of the molecule is COc1c(C(F)(F)F)ccc(C#N)c1C(=O)Cl. The standard InChI is InChI=1S/C10H5ClF3NO2/c1-17-8-6(10(12,13)14)3-2-5(4-15)7(8)9(11)16/h2-3H,1H3. The van der Waals surface area contributed by atoms with Crippen molar-refractivity contribution >= 4 is 16.8 Å². The van der Waals surface area contributed by atoms with Gasteiger partial charge in [0.15, 0.2) is 0 Å². The molecule has 1 aromatic carbocycles. The van der Waals surface area contributed by atoms with Crippen LogP contribution in [0.4, 0.5) is 13.2 Å². The Bertz CT molecular complexity index is 505. The van der Waals surface area contributed by atoms with E-state index < -0.39 is 28.3 Å². The molecule has 17 heavy (non-hydrogen) atoms. The Balaban J connectivity index is 3.66. The highest BCUT2D eigenvalue weighted by Gasteiger charge is 2.37. The van der Waals surface area contributed by atoms with E-state index in [0.717, 1.165) is 13.2 Å². The maximum atomic E-state index is 12.6. The van der Waals surface area contributed by atoms with Crippen LogP contribution in [0.3, 0.4) is 0 Å². The van der Waals surface area contributed by atoms with Crippen LogP contribution < -0.4 is 4.74 Å². The van der Waals surface area contributed by atoms with Crippen molar-refractivity contribution in [3.05, 3.63) is 28.8 Å². The van der Waals surface area contributed by atoms with Gasteiger partial charge in [-0.05, 0) is 23.7 Å². The molecule has 0 spiro atoms. The molecule has 0 radical (unpaired) electrons. The molecular formula is C10H5ClF3NO2. The predicted molar refractivity (Wildman–Crippen MR) is 52.9 cm³/mol. The zero-order valence-electron chi connectivity index (χ0n) is 8.43. The van der Waals surface area contributed by atoms with Crippen LogP contribution in [-0.4, -0.2) is 12.4 Å². The third-order valence-corrected chi connectivity index (χ3v) is 2.17. The largest absolute Gasteiger partial charge is 0.495 e. The van der Waals surface area contributed by atoms with E-state index in [2.05, 4.69) is 4.74 Å². The molecule has 0 fully saturated rings. The van der Waals surface area contributed by atoms with Crippen molar-refractivity contribution in [3.8, 4) is 11.8 Å². The average Bonchev–Trinajstić information content (AvgIpc) is 2.25. The molecule has 0 aliphatic rings. The molecule has 0 N–H and O–H groups in total. The number of carbonyl (C=O) groups is 1. The van der Waals surface area contributed by atoms with Crippen molar-refractivity contribution in [2.24, 2.45) is 0 Å². The monoisotopic (exact) mass is 263 g/mol. The summed E-state index contributed by atoms with van der Waals surface area (Å²) in [6.45, 7) is 0. The summed E-state index contributed by atoms with van der Waals surface area (Å²) in [5.41, 5.74) is -2.00. The topological polar surface area (TPSA) is 50.1 Å². The average molecular weight is 264 g/mol. The second-order valence-electron chi connectivity index (χ2n) is 2.95. The predicted octanol–water partition coefficient (Wildman–Crippen LogP) is 2.96. The number of benzene rings is 1. The molecule has 3 nitrogen and oxygen atoms in total. The summed E-state index contributed by atoms with van der Waals surface area (Å²) in [4.78, 5) is 11.1. The Hall–Kier alpha value is -1.74. The normalized spacial score (nSPS) is 10.8. The first-order valence-corrected chi connectivity index (χ1v) is 4.58. The van der Waals surface area contributed by atoms with Crippen LogP contribution in [0.25, 0.3) is 0 Å². The van der Waals surface area contributed by atoms with Gasteiger partial charge in [0.05, 0.1) is 23.8 Å². The summed E-state index contributed by atoms with van der Waals surface area (Å²) in [6, 6.07) is 3.12. The maximum absolute atomic E-state index is 12.6. The second-order valence-corrected chi connectivity index (χ2v) is 3.30. The van der Waals surface area contributed by atoms with E-state index in [1.165, 1.54) is 0 Å². The van der Waals surface area contributed by atoms with E-state index in [0.29, 0.717) is 6.07 Å². The van der Waals surface area contributed by atoms with Crippen molar-refractivity contribution in [1.29, 1.82) is 5.26 Å². The van der Waals surface area contributed by atoms with E-state index in [4.69, 9.17) is 16.9 Å². The van der Waals surface area contributed by atoms with Crippen LogP contribution in [0, 0.1) is 11.3 Å². The molecule has 0 atom stereocenters. The Morgan fingerprint density at radius 1 is 1.47 bits per heavy atom. The molecule has 90 valence electrons. The van der Waals surface area contributed by atoms with Gasteiger partial charge < -0.3 is 4.74 Å². The first-order chi connectivity index (χ1) is 7.82. The quantitative estimate of drug-likeness (QED) is 0.771. The van der Waals surface area contributed by atoms with Crippen LogP contribution in [0.2, 0.25) is 0 Å². The van der Waals surface area contributed by atoms with Crippen molar-refractivity contribution < 1.29 is 22.7 Å². The van der Waals surface area contributed by atoms with Gasteiger partial charge in [-0.15, -0.1) is 0 Å². The number of hydrogen-bond donors (Lipinski definition) is 0. The molecule has 0 unspecified atom stereocenters. The minimum Gasteiger partial charge on any atom is -0.495 e. The van der Waals surface area contributed by atoms with Gasteiger partial charge in [0.1, 0.15) is 11.8 Å². The molecular weight excluding hydrogens is 259 g/mol. The Labute approximate surface area is 99.4 Å². The second kappa shape index (κ2) is 4.63. The van der Waals surface area contributed by atoms with Gasteiger partial charge in [-0.2, -0.15) is 18.4 Å². The maximum Gasteiger partial charge on any atom is 0.419 e. The zero-order chi connectivity index (χ0) is 13.2. The van der Waals surface area contributed by atoms with Crippen LogP contribution in [0.5, 0.6) is 5.75 Å². The first kappa shape index (κ1) is 13.3. The number of halogens is 4. The van der Waals surface area contributed by atoms with Crippen molar-refractivity contribution in [3.63, 3.8) is 0 Å². The fraction of sp³-hybridized carbons (Fsp3) is 0.200. The van der Waals surface area contributed by atoms with E-state index >= 15 is 0 Å². The lowest BCUT2D eigenvalue weighted by Crippen LogP contribution is -2.11. The van der Waals surface area contributed by atoms with Crippen molar-refractivity contribution in [2.45, 2.75) is 6.18 Å². The van der Waals surface area contributed by atoms with Gasteiger partial charge >= 0.3 is 6.18 Å². The summed E-state index contributed by atoms with van der Waals surface area (Å²) in [6.07, 6.45) is -4.69. The summed E-state index contributed by atoms with van der Waals surface area (Å²) >= 11 is 5.16. The first-order valence-electron chi connectivity index (χ1n) is 4.21. The number of carbonyl (C=O) groups excluding carboxylic acids is 1. The summed E-state index contributed by atoms with van der Waals surface area (Å²) in [5, 5.41) is 7.51. The Morgan fingerprint density at radius 2 is 2.06 bits per heavy atom. The van der Waals surface area contributed by atoms with Crippen LogP contribution >= 0.6 is 11.6 Å². The molecule has 7 heteroatoms. The van der Waals surface area contributed by atoms with Gasteiger partial charge in [0, 0.05) is 0 Å². The van der Waals surface area contributed by atoms with Gasteiger partial charge in [0.2, 0.25) is 0 Å². The number of alkyl halides is 3. The number of rotatable bonds is 2. The van der Waals surface area contributed by atoms with E-state index in [9.17, 15) is 18.0 Å². The zero-order valence-corrected chi connectivity index (χ0v) is 9.19. The number of nitriles is 1. The smallest absolute Gasteiger partial charge is 0.419 e. The fourth-order valence-electron chi connectivity index (χ4n) is 1.31. The summed E-state index contributed by atoms with van der Waals surface area (Å²) < 4.78 is 42.3. The molecule has 0 heterocycles. The molecule has 1 rings (SSSR count). The summed E-state index contributed by atoms with van der Waals surface area (Å²) in [7, 11) is 0.967. The highest BCUT2D eigenvalue weighted by atomic mass is 35.5. The molecule has 0 aromatic heterocycles. The lowest BCUT2D eigenvalue weighted by molar-refractivity contribution is -0.138. The lowest BCUT2D eigenvalue weighted by Gasteiger charge is -2.14. The van der Waals surface area contributed by atoms with Gasteiger partial charge in [-0.3, -0.25) is 4.79 Å². The number of ether oxygens (including phenoxy) is 1. The Kier molecular flexibility index (Phi) is 3.63. The van der Waals surface area contributed by atoms with Crippen LogP contribution in [0.15, 0.2) is 12.1 Å². The lowest BCUT2D eigenvalue weighted by atomic mass is 10.0. The van der Waals surface area contributed by atoms with Crippen LogP contribution in [0.1, 0.15) is 21.5 Å². The number of nitrogens with zero attached hydrogens (tertiary/aromatic N) is 1. The van der Waals surface area contributed by atoms with Crippen molar-refractivity contribution in [1.82, 2.24) is 0 Å². The molecule has 0 aliphatic carbocycles. The van der Waals surface area contributed by atoms with Gasteiger partial charge in [-0.1, -0.05) is 0 Å². The third kappa shape index (κ3) is 2.50. The highest BCUT2D eigenvalue weighted by Crippen LogP contribution is 2.39. The third-order valence-electron chi connectivity index (χ3n) is 1.98. The summed E-state index contributed by atoms with van der Waals surface area (Å²) in [5.74, 6) is -0.739. The fourth-order valence-corrected chi connectivity index (χ4v) is 1.49. The molecule has 1 aromatic rings. The van der Waals surface area contributed by atoms with Gasteiger partial charge in [-0.25, -0.2) is 0 Å². The minimum absolute atomic E-state index is 0.269. The number of methoxy groups -OCH3 is 1. The highest BCUT2D eigenvalue weighted by molar-refractivity contribution is 6.68. The van der Waals surface area contributed by atoms with Crippen LogP contribution in [-0.2, 0) is 6.18 Å². The molecule has 0 bridgehead atoms. The van der Waals surface area contributed by atoms with E-state index in [-0.39, 0.29) is 5.56 Å². The molecule has 0 saturated heterocycles. The molecule has 0 saturated carbocycles. The Morgan fingerprint density at radius 3 is 2.41 bits per heavy atom. The van der Waals surface area contributed by atoms with E-state index in [1.807, 2.05) is 0 Å². The van der Waals surface area contributed by atoms with Crippen molar-refractivity contribution in [2.75, 3.05) is 7.11 Å². The van der Waals surface area contributed by atoms with Gasteiger partial charge in [0.25, 0.3) is 5.24 Å².